The normalized spacial score (nSPS) is 20.0. The van der Waals surface area contributed by atoms with E-state index in [4.69, 9.17) is 14.2 Å². The first-order valence-corrected chi connectivity index (χ1v) is 12.5. The molecule has 4 bridgehead atoms. The van der Waals surface area contributed by atoms with Crippen LogP contribution in [0.2, 0.25) is 0 Å². The number of hydrogen-bond donors (Lipinski definition) is 12. The smallest absolute Gasteiger partial charge is 0.339 e. The second-order valence-corrected chi connectivity index (χ2v) is 9.93. The maximum absolute atomic E-state index is 13.4. The summed E-state index contributed by atoms with van der Waals surface area (Å²) >= 11 is 0. The minimum Gasteiger partial charge on any atom is -0.504 e. The molecule has 3 aliphatic heterocycles. The van der Waals surface area contributed by atoms with Gasteiger partial charge in [0.15, 0.2) is 52.5 Å². The van der Waals surface area contributed by atoms with E-state index < -0.39 is 140 Å². The second-order valence-electron chi connectivity index (χ2n) is 9.93. The van der Waals surface area contributed by atoms with Gasteiger partial charge in [-0.15, -0.1) is 0 Å². The minimum absolute atomic E-state index is 0.517. The molecular weight excluding hydrogens is 612 g/mol. The first kappa shape index (κ1) is 30.6. The molecule has 0 aliphatic carbocycles. The van der Waals surface area contributed by atoms with Crippen molar-refractivity contribution >= 4 is 17.9 Å². The second kappa shape index (κ2) is 10.7. The summed E-state index contributed by atoms with van der Waals surface area (Å²) in [5.74, 6) is -14.8. The zero-order chi connectivity index (χ0) is 33.2. The summed E-state index contributed by atoms with van der Waals surface area (Å²) in [6.45, 7) is -1.11. The lowest BCUT2D eigenvalue weighted by Crippen LogP contribution is -2.53. The standard InChI is InChI=1S/C27H22O18/c28-7-1-5(2-8(29)15(7)32)25(40)43-4-10(31)17(34)23-24-21(38)14-13(27(42)45-24)12(19(36)22(39)20(14)37)11-6(26(41)44-23)3-9(30)16(33)18(11)35/h1-3,10,17,21,23-24,28-39H,4H2/t10-,17-,21+,23+,24+/m1/s1. The quantitative estimate of drug-likeness (QED) is 0.0946. The van der Waals surface area contributed by atoms with Crippen LogP contribution < -0.4 is 0 Å². The van der Waals surface area contributed by atoms with Gasteiger partial charge in [0.25, 0.3) is 0 Å². The number of phenolic OH excluding ortho intramolecular Hbond substituents is 9. The average Bonchev–Trinajstić information content (AvgIpc) is 2.99. The van der Waals surface area contributed by atoms with E-state index in [1.165, 1.54) is 0 Å². The van der Waals surface area contributed by atoms with E-state index in [1.54, 1.807) is 0 Å². The molecule has 3 aromatic rings. The molecule has 0 aromatic heterocycles. The van der Waals surface area contributed by atoms with Crippen LogP contribution in [0.4, 0.5) is 0 Å². The maximum Gasteiger partial charge on any atom is 0.339 e. The van der Waals surface area contributed by atoms with Crippen molar-refractivity contribution in [3.8, 4) is 62.9 Å². The van der Waals surface area contributed by atoms with Crippen LogP contribution in [0.3, 0.4) is 0 Å². The van der Waals surface area contributed by atoms with Crippen molar-refractivity contribution < 1.29 is 89.9 Å². The van der Waals surface area contributed by atoms with Crippen LogP contribution in [-0.2, 0) is 14.2 Å². The monoisotopic (exact) mass is 634 g/mol. The van der Waals surface area contributed by atoms with Crippen LogP contribution in [0.15, 0.2) is 18.2 Å². The zero-order valence-electron chi connectivity index (χ0n) is 22.1. The lowest BCUT2D eigenvalue weighted by molar-refractivity contribution is -0.151. The van der Waals surface area contributed by atoms with Gasteiger partial charge in [-0.2, -0.15) is 0 Å². The number of hydrogen-bond acceptors (Lipinski definition) is 18. The van der Waals surface area contributed by atoms with Gasteiger partial charge in [0, 0.05) is 16.7 Å². The van der Waals surface area contributed by atoms with Gasteiger partial charge in [0.05, 0.1) is 16.7 Å². The zero-order valence-corrected chi connectivity index (χ0v) is 22.1. The fourth-order valence-electron chi connectivity index (χ4n) is 4.99. The lowest BCUT2D eigenvalue weighted by Gasteiger charge is -2.39. The number of aliphatic hydroxyl groups excluding tert-OH is 3. The highest BCUT2D eigenvalue weighted by molar-refractivity contribution is 6.10. The Morgan fingerprint density at radius 1 is 0.711 bits per heavy atom. The molecule has 238 valence electrons. The van der Waals surface area contributed by atoms with Crippen molar-refractivity contribution in [1.82, 2.24) is 0 Å². The van der Waals surface area contributed by atoms with Crippen molar-refractivity contribution in [2.75, 3.05) is 6.61 Å². The Balaban J connectivity index is 1.59. The van der Waals surface area contributed by atoms with Crippen molar-refractivity contribution in [3.05, 3.63) is 40.5 Å². The molecule has 18 heteroatoms. The third-order valence-corrected chi connectivity index (χ3v) is 7.23. The third-order valence-electron chi connectivity index (χ3n) is 7.23. The van der Waals surface area contributed by atoms with E-state index in [2.05, 4.69) is 0 Å². The Kier molecular flexibility index (Phi) is 7.28. The summed E-state index contributed by atoms with van der Waals surface area (Å²) in [6, 6.07) is 1.92. The van der Waals surface area contributed by atoms with Gasteiger partial charge in [-0.05, 0) is 18.2 Å². The summed E-state index contributed by atoms with van der Waals surface area (Å²) in [7, 11) is 0. The molecule has 0 amide bonds. The molecule has 0 saturated heterocycles. The van der Waals surface area contributed by atoms with Gasteiger partial charge in [-0.25, -0.2) is 14.4 Å². The van der Waals surface area contributed by atoms with Gasteiger partial charge >= 0.3 is 17.9 Å². The Bertz CT molecular complexity index is 1760. The molecule has 6 rings (SSSR count). The summed E-state index contributed by atoms with van der Waals surface area (Å²) in [4.78, 5) is 39.0. The van der Waals surface area contributed by atoms with Crippen LogP contribution in [0.25, 0.3) is 11.1 Å². The van der Waals surface area contributed by atoms with Crippen molar-refractivity contribution in [2.24, 2.45) is 0 Å². The van der Waals surface area contributed by atoms with E-state index in [-0.39, 0.29) is 0 Å². The molecule has 18 nitrogen and oxygen atoms in total. The highest BCUT2D eigenvalue weighted by Gasteiger charge is 2.51. The molecule has 3 heterocycles. The molecular formula is C27H22O18. The number of aromatic hydroxyl groups is 9. The fraction of sp³-hybridized carbons (Fsp3) is 0.222. The lowest BCUT2D eigenvalue weighted by atomic mass is 9.82. The SMILES string of the molecule is O=C(OC[C@@H](O)[C@@H](O)[C@@H]1OC(=O)c2cc(O)c(O)c(O)c2-c2c(O)c(O)c(O)c3c2C(=O)O[C@H]1[C@H]3O)c1cc(O)c(O)c(O)c1. The van der Waals surface area contributed by atoms with E-state index in [0.717, 1.165) is 0 Å². The van der Waals surface area contributed by atoms with Crippen LogP contribution in [-0.4, -0.2) is 110 Å². The molecule has 0 saturated carbocycles. The number of carbonyl (C=O) groups is 3. The van der Waals surface area contributed by atoms with Crippen molar-refractivity contribution in [3.63, 3.8) is 0 Å². The molecule has 12 N–H and O–H groups in total. The number of ether oxygens (including phenoxy) is 3. The number of fused-ring (bicyclic) bond motifs is 3. The fourth-order valence-corrected chi connectivity index (χ4v) is 4.99. The van der Waals surface area contributed by atoms with Crippen LogP contribution in [0, 0.1) is 0 Å². The molecule has 0 fully saturated rings. The number of carbonyl (C=O) groups excluding carboxylic acids is 3. The number of esters is 3. The van der Waals surface area contributed by atoms with Crippen LogP contribution in [0.5, 0.6) is 51.7 Å². The minimum atomic E-state index is -2.41. The molecule has 3 aliphatic rings. The number of phenols is 9. The highest BCUT2D eigenvalue weighted by Crippen LogP contribution is 2.57. The number of rotatable bonds is 5. The molecule has 5 atom stereocenters. The molecule has 0 radical (unpaired) electrons. The summed E-state index contributed by atoms with van der Waals surface area (Å²) in [6.07, 6.45) is -11.4. The highest BCUT2D eigenvalue weighted by atomic mass is 16.6. The average molecular weight is 634 g/mol. The Morgan fingerprint density at radius 3 is 1.91 bits per heavy atom. The molecule has 0 unspecified atom stereocenters. The van der Waals surface area contributed by atoms with E-state index in [9.17, 15) is 75.7 Å². The largest absolute Gasteiger partial charge is 0.504 e. The first-order chi connectivity index (χ1) is 21.1. The summed E-state index contributed by atoms with van der Waals surface area (Å²) in [5.41, 5.74) is -5.07. The molecule has 45 heavy (non-hydrogen) atoms. The first-order valence-electron chi connectivity index (χ1n) is 12.5. The Labute approximate surface area is 248 Å². The summed E-state index contributed by atoms with van der Waals surface area (Å²) in [5, 5.41) is 124. The Hall–Kier alpha value is -5.85. The van der Waals surface area contributed by atoms with Gasteiger partial charge in [-0.1, -0.05) is 0 Å². The van der Waals surface area contributed by atoms with Crippen molar-refractivity contribution in [1.29, 1.82) is 0 Å². The van der Waals surface area contributed by atoms with E-state index in [0.29, 0.717) is 18.2 Å². The number of benzene rings is 3. The van der Waals surface area contributed by atoms with Gasteiger partial charge in [0.1, 0.15) is 24.9 Å². The van der Waals surface area contributed by atoms with E-state index in [1.807, 2.05) is 0 Å². The van der Waals surface area contributed by atoms with Crippen LogP contribution >= 0.6 is 0 Å². The molecule has 3 aromatic carbocycles. The van der Waals surface area contributed by atoms with Gasteiger partial charge in [-0.3, -0.25) is 0 Å². The number of aliphatic hydroxyl groups is 3. The van der Waals surface area contributed by atoms with Gasteiger partial charge < -0.3 is 75.5 Å². The topological polar surface area (TPSA) is 322 Å². The van der Waals surface area contributed by atoms with E-state index >= 15 is 0 Å². The summed E-state index contributed by atoms with van der Waals surface area (Å²) < 4.78 is 15.2. The van der Waals surface area contributed by atoms with Crippen LogP contribution in [0.1, 0.15) is 42.7 Å². The third kappa shape index (κ3) is 4.69. The van der Waals surface area contributed by atoms with Gasteiger partial charge in [0.2, 0.25) is 11.5 Å². The predicted molar refractivity (Wildman–Crippen MR) is 139 cm³/mol. The Morgan fingerprint density at radius 2 is 1.29 bits per heavy atom. The van der Waals surface area contributed by atoms with Crippen molar-refractivity contribution in [2.45, 2.75) is 30.5 Å². The molecule has 0 spiro atoms. The predicted octanol–water partition coefficient (Wildman–Crippen LogP) is -0.606. The maximum atomic E-state index is 13.4.